The second-order valence-electron chi connectivity index (χ2n) is 5.45. The number of H-pyrrole nitrogens is 1. The lowest BCUT2D eigenvalue weighted by Gasteiger charge is -2.33. The van der Waals surface area contributed by atoms with E-state index >= 15 is 0 Å². The van der Waals surface area contributed by atoms with E-state index in [-0.39, 0.29) is 11.6 Å². The Morgan fingerprint density at radius 3 is 2.95 bits per heavy atom. The van der Waals surface area contributed by atoms with E-state index in [1.165, 1.54) is 0 Å². The van der Waals surface area contributed by atoms with Gasteiger partial charge in [-0.1, -0.05) is 11.6 Å². The number of primary amides is 1. The van der Waals surface area contributed by atoms with Crippen molar-refractivity contribution in [3.05, 3.63) is 34.5 Å². The third-order valence-electron chi connectivity index (χ3n) is 3.83. The maximum absolute atomic E-state index is 11.2. The predicted molar refractivity (Wildman–Crippen MR) is 83.1 cm³/mol. The Kier molecular flexibility index (Phi) is 3.98. The van der Waals surface area contributed by atoms with Crippen LogP contribution in [0, 0.1) is 6.92 Å². The average Bonchev–Trinajstić information content (AvgIpc) is 2.96. The van der Waals surface area contributed by atoms with Crippen LogP contribution in [-0.2, 0) is 0 Å². The molecule has 3 rings (SSSR count). The van der Waals surface area contributed by atoms with Crippen molar-refractivity contribution in [3.8, 4) is 0 Å². The molecule has 2 aromatic rings. The van der Waals surface area contributed by atoms with Crippen molar-refractivity contribution < 1.29 is 4.79 Å². The number of piperidine rings is 1. The quantitative estimate of drug-likeness (QED) is 0.837. The van der Waals surface area contributed by atoms with Crippen LogP contribution >= 0.6 is 11.6 Å². The summed E-state index contributed by atoms with van der Waals surface area (Å²) in [4.78, 5) is 21.9. The molecule has 0 unspecified atom stereocenters. The summed E-state index contributed by atoms with van der Waals surface area (Å²) in [7, 11) is 0. The Bertz CT molecular complexity index is 680. The number of nitrogens with one attached hydrogen (secondary N) is 1. The Morgan fingerprint density at radius 2 is 2.27 bits per heavy atom. The zero-order valence-corrected chi connectivity index (χ0v) is 13.0. The van der Waals surface area contributed by atoms with Crippen LogP contribution in [0.4, 0.5) is 5.82 Å². The normalized spacial score (nSPS) is 18.5. The number of hydrogen-bond donors (Lipinski definition) is 2. The molecule has 1 amide bonds. The summed E-state index contributed by atoms with van der Waals surface area (Å²) in [5.41, 5.74) is 6.44. The highest BCUT2D eigenvalue weighted by Crippen LogP contribution is 2.29. The highest BCUT2D eigenvalue weighted by atomic mass is 35.5. The predicted octanol–water partition coefficient (Wildman–Crippen LogP) is 1.64. The van der Waals surface area contributed by atoms with E-state index in [1.54, 1.807) is 12.1 Å². The lowest BCUT2D eigenvalue weighted by Crippen LogP contribution is -2.35. The average molecular weight is 321 g/mol. The van der Waals surface area contributed by atoms with Crippen molar-refractivity contribution in [1.82, 2.24) is 20.2 Å². The zero-order valence-electron chi connectivity index (χ0n) is 12.2. The van der Waals surface area contributed by atoms with Crippen molar-refractivity contribution >= 4 is 23.3 Å². The molecule has 8 heteroatoms. The van der Waals surface area contributed by atoms with Crippen LogP contribution in [0.2, 0.25) is 5.15 Å². The number of nitrogens with zero attached hydrogens (tertiary/aromatic N) is 4. The molecular formula is C14H17ClN6O. The third kappa shape index (κ3) is 3.04. The SMILES string of the molecule is Cc1nc(Cl)cc(N2CCC[C@H](c3cc(C(N)=O)n[nH]3)C2)n1. The molecule has 7 nitrogen and oxygen atoms in total. The number of carbonyl (C=O) groups excluding carboxylic acids is 1. The van der Waals surface area contributed by atoms with Crippen molar-refractivity contribution in [2.45, 2.75) is 25.7 Å². The lowest BCUT2D eigenvalue weighted by molar-refractivity contribution is 0.0995. The molecule has 1 saturated heterocycles. The fourth-order valence-corrected chi connectivity index (χ4v) is 3.01. The fourth-order valence-electron chi connectivity index (χ4n) is 2.79. The van der Waals surface area contributed by atoms with Gasteiger partial charge in [0.25, 0.3) is 5.91 Å². The Labute approximate surface area is 132 Å². The number of amides is 1. The summed E-state index contributed by atoms with van der Waals surface area (Å²) in [6, 6.07) is 3.51. The minimum atomic E-state index is -0.520. The molecule has 0 radical (unpaired) electrons. The molecule has 3 N–H and O–H groups in total. The number of aromatic amines is 1. The highest BCUT2D eigenvalue weighted by molar-refractivity contribution is 6.29. The standard InChI is InChI=1S/C14H17ClN6O/c1-8-17-12(15)6-13(18-8)21-4-2-3-9(7-21)10-5-11(14(16)22)20-19-10/h5-6,9H,2-4,7H2,1H3,(H2,16,22)(H,19,20)/t9-/m0/s1. The van der Waals surface area contributed by atoms with Gasteiger partial charge in [0.05, 0.1) is 0 Å². The first-order valence-electron chi connectivity index (χ1n) is 7.14. The van der Waals surface area contributed by atoms with E-state index in [0.29, 0.717) is 11.0 Å². The van der Waals surface area contributed by atoms with Crippen molar-refractivity contribution in [2.24, 2.45) is 5.73 Å². The first-order chi connectivity index (χ1) is 10.5. The minimum absolute atomic E-state index is 0.253. The van der Waals surface area contributed by atoms with Gasteiger partial charge < -0.3 is 10.6 Å². The molecule has 0 saturated carbocycles. The van der Waals surface area contributed by atoms with Gasteiger partial charge in [0.2, 0.25) is 0 Å². The highest BCUT2D eigenvalue weighted by Gasteiger charge is 2.24. The first kappa shape index (κ1) is 14.8. The van der Waals surface area contributed by atoms with Gasteiger partial charge in [-0.15, -0.1) is 0 Å². The van der Waals surface area contributed by atoms with E-state index in [4.69, 9.17) is 17.3 Å². The maximum Gasteiger partial charge on any atom is 0.269 e. The smallest absolute Gasteiger partial charge is 0.269 e. The van der Waals surface area contributed by atoms with Crippen LogP contribution in [0.15, 0.2) is 12.1 Å². The van der Waals surface area contributed by atoms with Gasteiger partial charge in [-0.2, -0.15) is 5.10 Å². The molecule has 0 aromatic carbocycles. The number of nitrogens with two attached hydrogens (primary N) is 1. The molecule has 116 valence electrons. The first-order valence-corrected chi connectivity index (χ1v) is 7.52. The zero-order chi connectivity index (χ0) is 15.7. The molecule has 1 fully saturated rings. The van der Waals surface area contributed by atoms with Gasteiger partial charge in [0.1, 0.15) is 22.5 Å². The second-order valence-corrected chi connectivity index (χ2v) is 5.84. The van der Waals surface area contributed by atoms with Gasteiger partial charge in [-0.05, 0) is 25.8 Å². The van der Waals surface area contributed by atoms with Crippen LogP contribution in [0.1, 0.15) is 40.8 Å². The van der Waals surface area contributed by atoms with Crippen LogP contribution in [0.3, 0.4) is 0 Å². The topological polar surface area (TPSA) is 101 Å². The lowest BCUT2D eigenvalue weighted by atomic mass is 9.94. The molecular weight excluding hydrogens is 304 g/mol. The summed E-state index contributed by atoms with van der Waals surface area (Å²) in [6.45, 7) is 3.53. The van der Waals surface area contributed by atoms with E-state index in [9.17, 15) is 4.79 Å². The Hall–Kier alpha value is -2.15. The Balaban J connectivity index is 1.80. The molecule has 0 aliphatic carbocycles. The molecule has 1 atom stereocenters. The van der Waals surface area contributed by atoms with E-state index < -0.39 is 5.91 Å². The monoisotopic (exact) mass is 320 g/mol. The van der Waals surface area contributed by atoms with Crippen LogP contribution in [0.5, 0.6) is 0 Å². The maximum atomic E-state index is 11.2. The summed E-state index contributed by atoms with van der Waals surface area (Å²) in [5.74, 6) is 1.22. The molecule has 2 aromatic heterocycles. The molecule has 1 aliphatic rings. The van der Waals surface area contributed by atoms with Crippen molar-refractivity contribution in [1.29, 1.82) is 0 Å². The van der Waals surface area contributed by atoms with Gasteiger partial charge in [0.15, 0.2) is 0 Å². The number of rotatable bonds is 3. The van der Waals surface area contributed by atoms with E-state index in [2.05, 4.69) is 25.1 Å². The molecule has 0 bridgehead atoms. The summed E-state index contributed by atoms with van der Waals surface area (Å²) >= 11 is 6.02. The number of aryl methyl sites for hydroxylation is 1. The minimum Gasteiger partial charge on any atom is -0.364 e. The van der Waals surface area contributed by atoms with Gasteiger partial charge in [-0.25, -0.2) is 9.97 Å². The number of anilines is 1. The van der Waals surface area contributed by atoms with E-state index in [1.807, 2.05) is 6.92 Å². The second kappa shape index (κ2) is 5.92. The number of aromatic nitrogens is 4. The van der Waals surface area contributed by atoms with Crippen molar-refractivity contribution in [3.63, 3.8) is 0 Å². The third-order valence-corrected chi connectivity index (χ3v) is 4.02. The van der Waals surface area contributed by atoms with Crippen molar-refractivity contribution in [2.75, 3.05) is 18.0 Å². The molecule has 1 aliphatic heterocycles. The fraction of sp³-hybridized carbons (Fsp3) is 0.429. The largest absolute Gasteiger partial charge is 0.364 e. The molecule has 0 spiro atoms. The molecule has 22 heavy (non-hydrogen) atoms. The van der Waals surface area contributed by atoms with Gasteiger partial charge in [0, 0.05) is 30.8 Å². The Morgan fingerprint density at radius 1 is 1.45 bits per heavy atom. The number of carbonyl (C=O) groups is 1. The van der Waals surface area contributed by atoms with Crippen LogP contribution in [0.25, 0.3) is 0 Å². The summed E-state index contributed by atoms with van der Waals surface area (Å²) in [6.07, 6.45) is 2.05. The number of halogens is 1. The molecule has 3 heterocycles. The van der Waals surface area contributed by atoms with Gasteiger partial charge in [-0.3, -0.25) is 9.89 Å². The number of hydrogen-bond acceptors (Lipinski definition) is 5. The van der Waals surface area contributed by atoms with E-state index in [0.717, 1.165) is 37.4 Å². The summed E-state index contributed by atoms with van der Waals surface area (Å²) < 4.78 is 0. The van der Waals surface area contributed by atoms with Gasteiger partial charge >= 0.3 is 0 Å². The van der Waals surface area contributed by atoms with Crippen LogP contribution < -0.4 is 10.6 Å². The summed E-state index contributed by atoms with van der Waals surface area (Å²) in [5, 5.41) is 7.31. The van der Waals surface area contributed by atoms with Crippen LogP contribution in [-0.4, -0.2) is 39.2 Å².